The first-order valence-corrected chi connectivity index (χ1v) is 10.6. The predicted molar refractivity (Wildman–Crippen MR) is 127 cm³/mol. The molecule has 0 aliphatic heterocycles. The Morgan fingerprint density at radius 3 is 2.47 bits per heavy atom. The van der Waals surface area contributed by atoms with Crippen LogP contribution in [0.1, 0.15) is 23.2 Å². The maximum absolute atomic E-state index is 9.53. The molecule has 0 spiro atoms. The van der Waals surface area contributed by atoms with Gasteiger partial charge in [-0.2, -0.15) is 10.4 Å². The second-order valence-electron chi connectivity index (χ2n) is 7.19. The number of para-hydroxylation sites is 1. The van der Waals surface area contributed by atoms with Crippen LogP contribution >= 0.6 is 0 Å². The van der Waals surface area contributed by atoms with E-state index in [1.165, 1.54) is 5.56 Å². The van der Waals surface area contributed by atoms with Gasteiger partial charge in [0.05, 0.1) is 18.5 Å². The molecule has 2 aromatic carbocycles. The number of aromatic nitrogens is 2. The molecule has 8 heteroatoms. The number of hydrogen-bond donors (Lipinski definition) is 3. The van der Waals surface area contributed by atoms with E-state index in [1.54, 1.807) is 18.8 Å². The number of ether oxygens (including phenoxy) is 1. The number of hydrogen-bond acceptors (Lipinski definition) is 5. The molecule has 0 saturated carbocycles. The van der Waals surface area contributed by atoms with E-state index in [1.807, 2.05) is 42.5 Å². The van der Waals surface area contributed by atoms with Crippen LogP contribution in [-0.4, -0.2) is 43.0 Å². The summed E-state index contributed by atoms with van der Waals surface area (Å²) in [4.78, 5) is 4.27. The molecule has 32 heavy (non-hydrogen) atoms. The monoisotopic (exact) mass is 431 g/mol. The average Bonchev–Trinajstić information content (AvgIpc) is 3.16. The number of nitrogen functional groups attached to an aromatic ring is 1. The Morgan fingerprint density at radius 1 is 1.09 bits per heavy atom. The van der Waals surface area contributed by atoms with Gasteiger partial charge in [-0.1, -0.05) is 30.3 Å². The summed E-state index contributed by atoms with van der Waals surface area (Å²) in [6.07, 6.45) is 2.31. The predicted octanol–water partition coefficient (Wildman–Crippen LogP) is 2.68. The minimum absolute atomic E-state index is 0.373. The molecule has 3 aromatic rings. The zero-order chi connectivity index (χ0) is 22.8. The van der Waals surface area contributed by atoms with Gasteiger partial charge in [-0.25, -0.2) is 4.68 Å². The normalized spacial score (nSPS) is 11.1. The van der Waals surface area contributed by atoms with Gasteiger partial charge in [-0.15, -0.1) is 0 Å². The molecule has 1 heterocycles. The van der Waals surface area contributed by atoms with Crippen LogP contribution in [0.5, 0.6) is 5.75 Å². The molecule has 0 fully saturated rings. The zero-order valence-corrected chi connectivity index (χ0v) is 18.5. The van der Waals surface area contributed by atoms with Crippen LogP contribution < -0.4 is 21.1 Å². The summed E-state index contributed by atoms with van der Waals surface area (Å²) in [5, 5.41) is 20.7. The first-order valence-electron chi connectivity index (χ1n) is 10.6. The van der Waals surface area contributed by atoms with Gasteiger partial charge in [-0.3, -0.25) is 4.99 Å². The van der Waals surface area contributed by atoms with E-state index in [4.69, 9.17) is 10.5 Å². The number of nitrogens with two attached hydrogens (primary N) is 1. The molecular weight excluding hydrogens is 402 g/mol. The molecule has 0 unspecified atom stereocenters. The minimum atomic E-state index is 0.373. The van der Waals surface area contributed by atoms with Crippen LogP contribution in [0.4, 0.5) is 5.82 Å². The zero-order valence-electron chi connectivity index (χ0n) is 18.5. The van der Waals surface area contributed by atoms with E-state index in [2.05, 4.69) is 38.9 Å². The number of nitrogens with one attached hydrogen (secondary N) is 2. The SMILES string of the molecule is CN=C(NCCCc1nn(-c2ccccc2)c(N)c1C#N)NCCc1ccc(OC)cc1. The Hall–Kier alpha value is -3.99. The van der Waals surface area contributed by atoms with Crippen molar-refractivity contribution in [1.29, 1.82) is 5.26 Å². The fraction of sp³-hybridized carbons (Fsp3) is 0.292. The van der Waals surface area contributed by atoms with E-state index < -0.39 is 0 Å². The summed E-state index contributed by atoms with van der Waals surface area (Å²) in [6.45, 7) is 1.47. The summed E-state index contributed by atoms with van der Waals surface area (Å²) in [5.74, 6) is 1.97. The van der Waals surface area contributed by atoms with Gasteiger partial charge in [0.15, 0.2) is 5.96 Å². The number of nitriles is 1. The molecule has 3 rings (SSSR count). The molecule has 0 atom stereocenters. The smallest absolute Gasteiger partial charge is 0.190 e. The number of guanidine groups is 1. The maximum atomic E-state index is 9.53. The van der Waals surface area contributed by atoms with Crippen LogP contribution in [0.25, 0.3) is 5.69 Å². The average molecular weight is 432 g/mol. The third kappa shape index (κ3) is 5.79. The van der Waals surface area contributed by atoms with Crippen molar-refractivity contribution in [3.63, 3.8) is 0 Å². The molecule has 166 valence electrons. The van der Waals surface area contributed by atoms with Crippen LogP contribution in [0.3, 0.4) is 0 Å². The van der Waals surface area contributed by atoms with E-state index in [9.17, 15) is 5.26 Å². The molecule has 0 radical (unpaired) electrons. The molecule has 0 saturated heterocycles. The lowest BCUT2D eigenvalue weighted by molar-refractivity contribution is 0.414. The van der Waals surface area contributed by atoms with E-state index in [0.717, 1.165) is 36.8 Å². The number of rotatable bonds is 9. The fourth-order valence-electron chi connectivity index (χ4n) is 3.34. The Morgan fingerprint density at radius 2 is 1.81 bits per heavy atom. The van der Waals surface area contributed by atoms with Crippen LogP contribution in [0, 0.1) is 11.3 Å². The first kappa shape index (κ1) is 22.7. The van der Waals surface area contributed by atoms with Crippen molar-refractivity contribution in [2.45, 2.75) is 19.3 Å². The Kier molecular flexibility index (Phi) is 8.09. The Bertz CT molecular complexity index is 1070. The number of benzene rings is 2. The quantitative estimate of drug-likeness (QED) is 0.273. The van der Waals surface area contributed by atoms with Crippen molar-refractivity contribution in [1.82, 2.24) is 20.4 Å². The van der Waals surface area contributed by atoms with Gasteiger partial charge in [0.25, 0.3) is 0 Å². The molecule has 4 N–H and O–H groups in total. The van der Waals surface area contributed by atoms with Crippen molar-refractivity contribution < 1.29 is 4.74 Å². The van der Waals surface area contributed by atoms with Crippen LogP contribution in [0.2, 0.25) is 0 Å². The van der Waals surface area contributed by atoms with E-state index in [-0.39, 0.29) is 0 Å². The van der Waals surface area contributed by atoms with Crippen LogP contribution in [-0.2, 0) is 12.8 Å². The molecule has 0 aliphatic rings. The van der Waals surface area contributed by atoms with Crippen molar-refractivity contribution >= 4 is 11.8 Å². The summed E-state index contributed by atoms with van der Waals surface area (Å²) in [5.41, 5.74) is 9.38. The van der Waals surface area contributed by atoms with E-state index >= 15 is 0 Å². The summed E-state index contributed by atoms with van der Waals surface area (Å²) < 4.78 is 6.81. The first-order chi connectivity index (χ1) is 15.7. The molecular formula is C24H29N7O. The molecule has 0 bridgehead atoms. The van der Waals surface area contributed by atoms with Gasteiger partial charge in [0.1, 0.15) is 23.2 Å². The third-order valence-electron chi connectivity index (χ3n) is 5.08. The van der Waals surface area contributed by atoms with Crippen molar-refractivity contribution in [2.24, 2.45) is 4.99 Å². The summed E-state index contributed by atoms with van der Waals surface area (Å²) in [6, 6.07) is 19.8. The lowest BCUT2D eigenvalue weighted by atomic mass is 10.1. The molecule has 0 aliphatic carbocycles. The molecule has 0 amide bonds. The van der Waals surface area contributed by atoms with Crippen molar-refractivity contribution in [2.75, 3.05) is 33.0 Å². The second kappa shape index (κ2) is 11.4. The number of nitrogens with zero attached hydrogens (tertiary/aromatic N) is 4. The topological polar surface area (TPSA) is 113 Å². The highest BCUT2D eigenvalue weighted by Gasteiger charge is 2.16. The number of anilines is 1. The lowest BCUT2D eigenvalue weighted by Crippen LogP contribution is -2.38. The highest BCUT2D eigenvalue weighted by molar-refractivity contribution is 5.79. The summed E-state index contributed by atoms with van der Waals surface area (Å²) >= 11 is 0. The largest absolute Gasteiger partial charge is 0.497 e. The van der Waals surface area contributed by atoms with Gasteiger partial charge >= 0.3 is 0 Å². The number of aryl methyl sites for hydroxylation is 1. The second-order valence-corrected chi connectivity index (χ2v) is 7.19. The van der Waals surface area contributed by atoms with Crippen LogP contribution in [0.15, 0.2) is 59.6 Å². The van der Waals surface area contributed by atoms with Gasteiger partial charge in [0, 0.05) is 20.1 Å². The Balaban J connectivity index is 1.47. The lowest BCUT2D eigenvalue weighted by Gasteiger charge is -2.12. The van der Waals surface area contributed by atoms with E-state index in [0.29, 0.717) is 30.0 Å². The minimum Gasteiger partial charge on any atom is -0.497 e. The fourth-order valence-corrected chi connectivity index (χ4v) is 3.34. The van der Waals surface area contributed by atoms with Gasteiger partial charge in [0.2, 0.25) is 0 Å². The number of aliphatic imine (C=N–C) groups is 1. The molecule has 8 nitrogen and oxygen atoms in total. The maximum Gasteiger partial charge on any atom is 0.190 e. The summed E-state index contributed by atoms with van der Waals surface area (Å²) in [7, 11) is 3.41. The van der Waals surface area contributed by atoms with Gasteiger partial charge in [-0.05, 0) is 49.1 Å². The standard InChI is InChI=1S/C24H29N7O/c1-27-24(29-16-14-18-10-12-20(32-2)13-11-18)28-15-6-9-22-21(17-25)23(26)31(30-22)19-7-4-3-5-8-19/h3-5,7-8,10-13H,6,9,14-16,26H2,1-2H3,(H2,27,28,29). The third-order valence-corrected chi connectivity index (χ3v) is 5.08. The Labute approximate surface area is 188 Å². The molecule has 1 aromatic heterocycles. The van der Waals surface area contributed by atoms with Crippen molar-refractivity contribution in [3.8, 4) is 17.5 Å². The highest BCUT2D eigenvalue weighted by atomic mass is 16.5. The highest BCUT2D eigenvalue weighted by Crippen LogP contribution is 2.21. The van der Waals surface area contributed by atoms with Gasteiger partial charge < -0.3 is 21.1 Å². The van der Waals surface area contributed by atoms with Crippen molar-refractivity contribution in [3.05, 3.63) is 71.4 Å². The number of methoxy groups -OCH3 is 1.